The molecule has 1 aromatic rings. The summed E-state index contributed by atoms with van der Waals surface area (Å²) in [6.45, 7) is 3.56. The molecule has 1 atom stereocenters. The van der Waals surface area contributed by atoms with Crippen LogP contribution in [0.2, 0.25) is 0 Å². The van der Waals surface area contributed by atoms with Crippen molar-refractivity contribution in [3.8, 4) is 0 Å². The van der Waals surface area contributed by atoms with Crippen molar-refractivity contribution in [2.24, 2.45) is 5.73 Å². The molecule has 1 aliphatic rings. The molecule has 20 heavy (non-hydrogen) atoms. The molecule has 0 fully saturated rings. The van der Waals surface area contributed by atoms with Gasteiger partial charge in [0.1, 0.15) is 5.00 Å². The number of hydrogen-bond donors (Lipinski definition) is 2. The van der Waals surface area contributed by atoms with Crippen molar-refractivity contribution in [3.05, 3.63) is 28.7 Å². The molecule has 0 saturated carbocycles. The second-order valence-electron chi connectivity index (χ2n) is 4.67. The predicted octanol–water partition coefficient (Wildman–Crippen LogP) is 1.87. The number of carbonyl (C=O) groups excluding carboxylic acids is 2. The van der Waals surface area contributed by atoms with E-state index in [2.05, 4.69) is 11.9 Å². The normalized spacial score (nSPS) is 14.5. The summed E-state index contributed by atoms with van der Waals surface area (Å²) < 4.78 is 4.82. The van der Waals surface area contributed by atoms with Gasteiger partial charge >= 0.3 is 5.97 Å². The van der Waals surface area contributed by atoms with Gasteiger partial charge < -0.3 is 15.8 Å². The number of esters is 1. The van der Waals surface area contributed by atoms with E-state index < -0.39 is 12.0 Å². The van der Waals surface area contributed by atoms with Gasteiger partial charge in [0.2, 0.25) is 5.91 Å². The van der Waals surface area contributed by atoms with Gasteiger partial charge in [0.25, 0.3) is 0 Å². The van der Waals surface area contributed by atoms with Crippen molar-refractivity contribution in [3.63, 3.8) is 0 Å². The molecule has 0 aliphatic heterocycles. The summed E-state index contributed by atoms with van der Waals surface area (Å²) in [7, 11) is 1.34. The fourth-order valence-electron chi connectivity index (χ4n) is 2.30. The maximum absolute atomic E-state index is 12.0. The number of amides is 1. The molecule has 0 aromatic carbocycles. The number of carbonyl (C=O) groups is 2. The van der Waals surface area contributed by atoms with Crippen LogP contribution >= 0.6 is 11.3 Å². The molecule has 3 N–H and O–H groups in total. The fourth-order valence-corrected chi connectivity index (χ4v) is 3.58. The zero-order valence-electron chi connectivity index (χ0n) is 11.4. The topological polar surface area (TPSA) is 81.4 Å². The summed E-state index contributed by atoms with van der Waals surface area (Å²) in [5.74, 6) is -0.716. The van der Waals surface area contributed by atoms with E-state index in [9.17, 15) is 9.59 Å². The molecule has 0 saturated heterocycles. The van der Waals surface area contributed by atoms with E-state index in [1.807, 2.05) is 0 Å². The summed E-state index contributed by atoms with van der Waals surface area (Å²) >= 11 is 1.44. The number of thiophene rings is 1. The summed E-state index contributed by atoms with van der Waals surface area (Å²) in [6.07, 6.45) is 4.82. The minimum atomic E-state index is -0.657. The predicted molar refractivity (Wildman–Crippen MR) is 79.1 cm³/mol. The smallest absolute Gasteiger partial charge is 0.341 e. The minimum Gasteiger partial charge on any atom is -0.465 e. The van der Waals surface area contributed by atoms with E-state index in [1.165, 1.54) is 18.4 Å². The van der Waals surface area contributed by atoms with Crippen molar-refractivity contribution in [2.75, 3.05) is 12.4 Å². The molecule has 0 spiro atoms. The number of anilines is 1. The SMILES string of the molecule is C=CCC(N)C(=O)Nc1sc2c(c1C(=O)OC)CCC2. The van der Waals surface area contributed by atoms with E-state index in [0.717, 1.165) is 29.7 Å². The van der Waals surface area contributed by atoms with Gasteiger partial charge in [-0.2, -0.15) is 0 Å². The maximum Gasteiger partial charge on any atom is 0.341 e. The Morgan fingerprint density at radius 3 is 2.95 bits per heavy atom. The Hall–Kier alpha value is -1.66. The summed E-state index contributed by atoms with van der Waals surface area (Å²) in [5.41, 5.74) is 7.23. The Morgan fingerprint density at radius 2 is 2.30 bits per heavy atom. The van der Waals surface area contributed by atoms with Crippen molar-refractivity contribution in [1.29, 1.82) is 0 Å². The molecule has 2 rings (SSSR count). The number of nitrogens with one attached hydrogen (secondary N) is 1. The molecule has 108 valence electrons. The van der Waals surface area contributed by atoms with E-state index in [0.29, 0.717) is 17.0 Å². The second-order valence-corrected chi connectivity index (χ2v) is 5.78. The summed E-state index contributed by atoms with van der Waals surface area (Å²) in [4.78, 5) is 25.0. The van der Waals surface area contributed by atoms with E-state index in [4.69, 9.17) is 10.5 Å². The van der Waals surface area contributed by atoms with Crippen LogP contribution in [0.1, 0.15) is 33.6 Å². The average molecular weight is 294 g/mol. The number of aryl methyl sites for hydroxylation is 1. The van der Waals surface area contributed by atoms with Crippen molar-refractivity contribution >= 4 is 28.2 Å². The lowest BCUT2D eigenvalue weighted by atomic mass is 10.1. The first-order valence-corrected chi connectivity index (χ1v) is 7.30. The lowest BCUT2D eigenvalue weighted by Gasteiger charge is -2.10. The van der Waals surface area contributed by atoms with Crippen LogP contribution in [0.5, 0.6) is 0 Å². The first-order valence-electron chi connectivity index (χ1n) is 6.48. The van der Waals surface area contributed by atoms with Crippen LogP contribution in [-0.2, 0) is 22.4 Å². The number of rotatable bonds is 5. The zero-order chi connectivity index (χ0) is 14.7. The average Bonchev–Trinajstić information content (AvgIpc) is 2.98. The van der Waals surface area contributed by atoms with Crippen molar-refractivity contribution in [2.45, 2.75) is 31.7 Å². The second kappa shape index (κ2) is 6.19. The molecule has 1 aromatic heterocycles. The Bertz CT molecular complexity index is 551. The highest BCUT2D eigenvalue weighted by molar-refractivity contribution is 7.17. The molecule has 1 aliphatic carbocycles. The van der Waals surface area contributed by atoms with Gasteiger partial charge in [-0.3, -0.25) is 4.79 Å². The Kier molecular flexibility index (Phi) is 4.57. The standard InChI is InChI=1S/C14H18N2O3S/c1-3-5-9(15)12(17)16-13-11(14(18)19-2)8-6-4-7-10(8)20-13/h3,9H,1,4-7,15H2,2H3,(H,16,17). The molecule has 5 nitrogen and oxygen atoms in total. The van der Waals surface area contributed by atoms with E-state index in [1.54, 1.807) is 6.08 Å². The minimum absolute atomic E-state index is 0.310. The van der Waals surface area contributed by atoms with Crippen LogP contribution < -0.4 is 11.1 Å². The zero-order valence-corrected chi connectivity index (χ0v) is 12.2. The molecule has 1 amide bonds. The van der Waals surface area contributed by atoms with E-state index >= 15 is 0 Å². The highest BCUT2D eigenvalue weighted by Crippen LogP contribution is 2.39. The molecular formula is C14H18N2O3S. The van der Waals surface area contributed by atoms with Crippen molar-refractivity contribution in [1.82, 2.24) is 0 Å². The number of nitrogens with two attached hydrogens (primary N) is 1. The van der Waals surface area contributed by atoms with Gasteiger partial charge in [-0.25, -0.2) is 4.79 Å². The van der Waals surface area contributed by atoms with Gasteiger partial charge in [0.05, 0.1) is 18.7 Å². The largest absolute Gasteiger partial charge is 0.465 e. The number of fused-ring (bicyclic) bond motifs is 1. The lowest BCUT2D eigenvalue weighted by molar-refractivity contribution is -0.117. The van der Waals surface area contributed by atoms with Crippen LogP contribution in [0.25, 0.3) is 0 Å². The van der Waals surface area contributed by atoms with Crippen molar-refractivity contribution < 1.29 is 14.3 Å². The van der Waals surface area contributed by atoms with Crippen LogP contribution in [0.4, 0.5) is 5.00 Å². The monoisotopic (exact) mass is 294 g/mol. The maximum atomic E-state index is 12.0. The lowest BCUT2D eigenvalue weighted by Crippen LogP contribution is -2.35. The Balaban J connectivity index is 2.26. The van der Waals surface area contributed by atoms with Gasteiger partial charge in [0.15, 0.2) is 0 Å². The third-order valence-electron chi connectivity index (χ3n) is 3.30. The summed E-state index contributed by atoms with van der Waals surface area (Å²) in [5, 5.41) is 3.29. The number of ether oxygens (including phenoxy) is 1. The first-order chi connectivity index (χ1) is 9.58. The molecule has 0 radical (unpaired) electrons. The van der Waals surface area contributed by atoms with Crippen LogP contribution in [0.3, 0.4) is 0 Å². The van der Waals surface area contributed by atoms with Gasteiger partial charge in [-0.15, -0.1) is 17.9 Å². The highest BCUT2D eigenvalue weighted by atomic mass is 32.1. The van der Waals surface area contributed by atoms with E-state index in [-0.39, 0.29) is 5.91 Å². The van der Waals surface area contributed by atoms with Crippen LogP contribution in [-0.4, -0.2) is 25.0 Å². The quantitative estimate of drug-likeness (QED) is 0.641. The first kappa shape index (κ1) is 14.7. The molecule has 1 heterocycles. The van der Waals surface area contributed by atoms with Gasteiger partial charge in [0, 0.05) is 4.88 Å². The molecule has 1 unspecified atom stereocenters. The van der Waals surface area contributed by atoms with Gasteiger partial charge in [-0.05, 0) is 31.2 Å². The molecular weight excluding hydrogens is 276 g/mol. The molecule has 6 heteroatoms. The van der Waals surface area contributed by atoms with Gasteiger partial charge in [-0.1, -0.05) is 6.08 Å². The fraction of sp³-hybridized carbons (Fsp3) is 0.429. The molecule has 0 bridgehead atoms. The highest BCUT2D eigenvalue weighted by Gasteiger charge is 2.28. The third-order valence-corrected chi connectivity index (χ3v) is 4.51. The number of hydrogen-bond acceptors (Lipinski definition) is 5. The van der Waals surface area contributed by atoms with Crippen LogP contribution in [0, 0.1) is 0 Å². The van der Waals surface area contributed by atoms with Crippen LogP contribution in [0.15, 0.2) is 12.7 Å². The Labute approximate surface area is 121 Å². The third kappa shape index (κ3) is 2.76. The Morgan fingerprint density at radius 1 is 1.55 bits per heavy atom. The summed E-state index contributed by atoms with van der Waals surface area (Å²) in [6, 6.07) is -0.657. The number of methoxy groups -OCH3 is 1.